The largest absolute Gasteiger partial charge is 2.00 e. The molecule has 0 fully saturated rings. The van der Waals surface area contributed by atoms with Gasteiger partial charge in [0.2, 0.25) is 0 Å². The van der Waals surface area contributed by atoms with Crippen molar-refractivity contribution in [2.75, 3.05) is 0 Å². The van der Waals surface area contributed by atoms with E-state index in [1.54, 1.807) is 0 Å². The third-order valence-corrected chi connectivity index (χ3v) is 8.89. The Morgan fingerprint density at radius 1 is 0.500 bits per heavy atom. The number of fused-ring (bicyclic) bond motifs is 2. The summed E-state index contributed by atoms with van der Waals surface area (Å²) in [6.45, 7) is 22.5. The molecule has 0 saturated carbocycles. The quantitative estimate of drug-likeness (QED) is 0.118. The summed E-state index contributed by atoms with van der Waals surface area (Å²) in [5.41, 5.74) is 11.7. The van der Waals surface area contributed by atoms with E-state index in [0.29, 0.717) is 0 Å². The van der Waals surface area contributed by atoms with Crippen LogP contribution in [-0.4, -0.2) is 9.52 Å². The predicted molar refractivity (Wildman–Crippen MR) is 213 cm³/mol. The number of benzene rings is 4. The van der Waals surface area contributed by atoms with Crippen molar-refractivity contribution in [3.63, 3.8) is 0 Å². The third kappa shape index (κ3) is 9.67. The minimum atomic E-state index is 0. The van der Waals surface area contributed by atoms with Gasteiger partial charge in [0.05, 0.1) is 0 Å². The summed E-state index contributed by atoms with van der Waals surface area (Å²) in [5, 5.41) is 5.48. The molecular weight excluding hydrogens is 672 g/mol. The van der Waals surface area contributed by atoms with Gasteiger partial charge in [0.15, 0.2) is 0 Å². The predicted octanol–water partition coefficient (Wildman–Crippen LogP) is 13.7. The van der Waals surface area contributed by atoms with E-state index in [9.17, 15) is 0 Å². The molecular formula is C46H56SiZr. The average Bonchev–Trinajstić information content (AvgIpc) is 3.68. The van der Waals surface area contributed by atoms with Gasteiger partial charge in [-0.2, -0.15) is 12.1 Å². The fourth-order valence-electron chi connectivity index (χ4n) is 6.35. The average molecular weight is 728 g/mol. The van der Waals surface area contributed by atoms with Crippen molar-refractivity contribution in [3.8, 4) is 22.3 Å². The number of aryl methyl sites for hydroxylation is 2. The molecule has 0 N–H and O–H groups in total. The van der Waals surface area contributed by atoms with E-state index < -0.39 is 0 Å². The molecule has 0 saturated heterocycles. The Hall–Kier alpha value is -2.80. The molecule has 0 aliphatic carbocycles. The summed E-state index contributed by atoms with van der Waals surface area (Å²) in [6.07, 6.45) is 4.64. The molecule has 0 nitrogen and oxygen atoms in total. The van der Waals surface area contributed by atoms with Gasteiger partial charge in [-0.1, -0.05) is 153 Å². The molecule has 0 bridgehead atoms. The normalized spacial score (nSPS) is 11.4. The van der Waals surface area contributed by atoms with Gasteiger partial charge in [0.25, 0.3) is 0 Å². The summed E-state index contributed by atoms with van der Waals surface area (Å²) in [4.78, 5) is 0. The Morgan fingerprint density at radius 3 is 1.17 bits per heavy atom. The standard InChI is InChI=1S/2C22H25.C2H6Si.Zr/c2*1-5-9-16-10-6-7-12-19(16)20-13-8-11-17-14-18(15-21(17)20)22(2,3)4;1-3-2;/h2*6-8,10-15H,5,9H2,1-4H3;1-2H3;/q2*-1;;+2. The molecule has 6 aromatic rings. The van der Waals surface area contributed by atoms with Crippen LogP contribution in [-0.2, 0) is 49.9 Å². The maximum Gasteiger partial charge on any atom is 2.00 e. The zero-order chi connectivity index (χ0) is 34.2. The number of hydrogen-bond acceptors (Lipinski definition) is 0. The molecule has 6 rings (SSSR count). The van der Waals surface area contributed by atoms with Crippen LogP contribution in [0.2, 0.25) is 13.1 Å². The van der Waals surface area contributed by atoms with Crippen molar-refractivity contribution in [1.29, 1.82) is 0 Å². The van der Waals surface area contributed by atoms with Crippen molar-refractivity contribution < 1.29 is 26.2 Å². The van der Waals surface area contributed by atoms with Crippen LogP contribution < -0.4 is 0 Å². The van der Waals surface area contributed by atoms with Crippen LogP contribution in [0.5, 0.6) is 0 Å². The molecule has 2 radical (unpaired) electrons. The molecule has 2 heteroatoms. The van der Waals surface area contributed by atoms with Gasteiger partial charge in [-0.3, -0.25) is 0 Å². The van der Waals surface area contributed by atoms with Crippen molar-refractivity contribution in [3.05, 3.63) is 131 Å². The summed E-state index contributed by atoms with van der Waals surface area (Å²) in [7, 11) is 1.08. The number of hydrogen-bond donors (Lipinski definition) is 0. The van der Waals surface area contributed by atoms with Crippen molar-refractivity contribution in [2.45, 2.75) is 105 Å². The van der Waals surface area contributed by atoms with Crippen LogP contribution in [0, 0.1) is 0 Å². The summed E-state index contributed by atoms with van der Waals surface area (Å²) >= 11 is 0. The molecule has 0 spiro atoms. The molecule has 0 heterocycles. The fraction of sp³-hybridized carbons (Fsp3) is 0.348. The van der Waals surface area contributed by atoms with Crippen molar-refractivity contribution >= 4 is 31.1 Å². The van der Waals surface area contributed by atoms with E-state index in [0.717, 1.165) is 22.4 Å². The first-order chi connectivity index (χ1) is 22.4. The Bertz CT molecular complexity index is 1730. The van der Waals surface area contributed by atoms with E-state index in [-0.39, 0.29) is 37.0 Å². The zero-order valence-electron chi connectivity index (χ0n) is 31.2. The van der Waals surface area contributed by atoms with Crippen molar-refractivity contribution in [1.82, 2.24) is 0 Å². The van der Waals surface area contributed by atoms with Gasteiger partial charge in [0.1, 0.15) is 0 Å². The van der Waals surface area contributed by atoms with Gasteiger partial charge in [-0.25, -0.2) is 0 Å². The maximum atomic E-state index is 2.38. The smallest absolute Gasteiger partial charge is 0.164 e. The van der Waals surface area contributed by atoms with Crippen LogP contribution in [0.15, 0.2) is 109 Å². The minimum Gasteiger partial charge on any atom is -0.164 e. The Balaban J connectivity index is 0.000000236. The topological polar surface area (TPSA) is 0 Å². The van der Waals surface area contributed by atoms with E-state index in [1.165, 1.54) is 78.9 Å². The third-order valence-electron chi connectivity index (χ3n) is 8.89. The molecule has 0 aromatic heterocycles. The monoisotopic (exact) mass is 726 g/mol. The van der Waals surface area contributed by atoms with Crippen molar-refractivity contribution in [2.24, 2.45) is 0 Å². The van der Waals surface area contributed by atoms with E-state index in [4.69, 9.17) is 0 Å². The molecule has 0 amide bonds. The maximum absolute atomic E-state index is 2.38. The summed E-state index contributed by atoms with van der Waals surface area (Å²) < 4.78 is 0. The fourth-order valence-corrected chi connectivity index (χ4v) is 6.35. The molecule has 0 atom stereocenters. The molecule has 0 unspecified atom stereocenters. The van der Waals surface area contributed by atoms with Gasteiger partial charge in [-0.05, 0) is 45.9 Å². The summed E-state index contributed by atoms with van der Waals surface area (Å²) in [5.74, 6) is 0. The van der Waals surface area contributed by atoms with E-state index in [2.05, 4.69) is 178 Å². The van der Waals surface area contributed by atoms with Gasteiger partial charge in [0, 0.05) is 9.52 Å². The molecule has 6 aromatic carbocycles. The Morgan fingerprint density at radius 2 is 0.833 bits per heavy atom. The second-order valence-corrected chi connectivity index (χ2v) is 15.9. The molecule has 0 aliphatic rings. The van der Waals surface area contributed by atoms with Crippen LogP contribution in [0.25, 0.3) is 43.8 Å². The first-order valence-electron chi connectivity index (χ1n) is 17.6. The minimum absolute atomic E-state index is 0. The molecule has 0 aliphatic heterocycles. The van der Waals surface area contributed by atoms with Crippen LogP contribution >= 0.6 is 0 Å². The van der Waals surface area contributed by atoms with Crippen LogP contribution in [0.1, 0.15) is 90.5 Å². The Kier molecular flexibility index (Phi) is 14.6. The van der Waals surface area contributed by atoms with Gasteiger partial charge in [-0.15, -0.1) is 69.1 Å². The second kappa shape index (κ2) is 17.7. The Labute approximate surface area is 314 Å². The summed E-state index contributed by atoms with van der Waals surface area (Å²) in [6, 6.07) is 40.5. The number of rotatable bonds is 6. The first-order valence-corrected chi connectivity index (χ1v) is 19.6. The van der Waals surface area contributed by atoms with Crippen LogP contribution in [0.3, 0.4) is 0 Å². The van der Waals surface area contributed by atoms with E-state index >= 15 is 0 Å². The van der Waals surface area contributed by atoms with Crippen LogP contribution in [0.4, 0.5) is 0 Å². The van der Waals surface area contributed by atoms with Gasteiger partial charge >= 0.3 is 26.2 Å². The first kappa shape index (κ1) is 39.6. The van der Waals surface area contributed by atoms with E-state index in [1.807, 2.05) is 0 Å². The van der Waals surface area contributed by atoms with Gasteiger partial charge < -0.3 is 0 Å². The molecule has 48 heavy (non-hydrogen) atoms. The zero-order valence-corrected chi connectivity index (χ0v) is 34.7. The second-order valence-electron chi connectivity index (χ2n) is 14.9. The molecule has 248 valence electrons. The SMILES string of the molecule is CCCc1ccccc1-c1cccc2[cH-]c(C(C)(C)C)cc12.CCCc1ccccc1-c1cccc2[cH-]c(C(C)(C)C)cc12.C[Si]C.[Zr+2].